The second kappa shape index (κ2) is 8.39. The van der Waals surface area contributed by atoms with E-state index in [0.717, 1.165) is 37.1 Å². The highest BCUT2D eigenvalue weighted by Gasteiger charge is 2.23. The Hall–Kier alpha value is -2.63. The van der Waals surface area contributed by atoms with Gasteiger partial charge in [0.2, 0.25) is 0 Å². The van der Waals surface area contributed by atoms with E-state index in [4.69, 9.17) is 11.6 Å². The van der Waals surface area contributed by atoms with Gasteiger partial charge in [-0.05, 0) is 85.7 Å². The van der Waals surface area contributed by atoms with Crippen molar-refractivity contribution in [2.45, 2.75) is 26.2 Å². The minimum atomic E-state index is -0.200. The molecule has 29 heavy (non-hydrogen) atoms. The molecule has 3 aromatic rings. The molecule has 4 nitrogen and oxygen atoms in total. The van der Waals surface area contributed by atoms with Crippen molar-refractivity contribution in [2.75, 3.05) is 16.8 Å². The molecule has 0 fully saturated rings. The smallest absolute Gasteiger partial charge is 0.258 e. The molecule has 2 aromatic carbocycles. The van der Waals surface area contributed by atoms with Crippen molar-refractivity contribution in [3.05, 3.63) is 80.5 Å². The fourth-order valence-corrected chi connectivity index (χ4v) is 4.73. The fourth-order valence-electron chi connectivity index (χ4n) is 3.58. The standard InChI is InChI=1S/C23H21ClN2O2S/c1-15-14-17(24)7-10-19(15)22(27)25-18-8-5-16(6-9-18)23(28)26-12-3-2-4-21-20(26)11-13-29-21/h5-11,13-14H,2-4,12H2,1H3,(H,25,27). The van der Waals surface area contributed by atoms with Crippen LogP contribution in [0, 0.1) is 6.92 Å². The zero-order valence-corrected chi connectivity index (χ0v) is 17.6. The first-order chi connectivity index (χ1) is 14.0. The van der Waals surface area contributed by atoms with Gasteiger partial charge in [-0.25, -0.2) is 0 Å². The molecule has 1 aliphatic heterocycles. The Bertz CT molecular complexity index is 1060. The summed E-state index contributed by atoms with van der Waals surface area (Å²) in [7, 11) is 0. The van der Waals surface area contributed by atoms with Crippen LogP contribution in [0.2, 0.25) is 5.02 Å². The molecule has 1 aromatic heterocycles. The van der Waals surface area contributed by atoms with Gasteiger partial charge in [0.05, 0.1) is 5.69 Å². The third kappa shape index (κ3) is 4.21. The normalized spacial score (nSPS) is 13.5. The molecule has 0 spiro atoms. The van der Waals surface area contributed by atoms with Crippen LogP contribution in [0.1, 0.15) is 44.0 Å². The van der Waals surface area contributed by atoms with E-state index < -0.39 is 0 Å². The van der Waals surface area contributed by atoms with Gasteiger partial charge in [0.15, 0.2) is 0 Å². The molecule has 0 saturated heterocycles. The van der Waals surface area contributed by atoms with Gasteiger partial charge < -0.3 is 10.2 Å². The number of halogens is 1. The first-order valence-electron chi connectivity index (χ1n) is 9.59. The molecule has 6 heteroatoms. The predicted molar refractivity (Wildman–Crippen MR) is 120 cm³/mol. The van der Waals surface area contributed by atoms with Crippen molar-refractivity contribution in [1.29, 1.82) is 0 Å². The molecule has 1 N–H and O–H groups in total. The van der Waals surface area contributed by atoms with E-state index in [9.17, 15) is 9.59 Å². The van der Waals surface area contributed by atoms with Crippen molar-refractivity contribution >= 4 is 46.1 Å². The number of benzene rings is 2. The molecule has 0 radical (unpaired) electrons. The minimum absolute atomic E-state index is 0.00188. The number of carbonyl (C=O) groups excluding carboxylic acids is 2. The van der Waals surface area contributed by atoms with Gasteiger partial charge in [0.1, 0.15) is 0 Å². The van der Waals surface area contributed by atoms with Gasteiger partial charge in [0.25, 0.3) is 11.8 Å². The molecule has 4 rings (SSSR count). The third-order valence-corrected chi connectivity index (χ3v) is 6.32. The van der Waals surface area contributed by atoms with Crippen LogP contribution in [0.5, 0.6) is 0 Å². The van der Waals surface area contributed by atoms with E-state index in [1.165, 1.54) is 4.88 Å². The van der Waals surface area contributed by atoms with Gasteiger partial charge in [-0.3, -0.25) is 9.59 Å². The maximum absolute atomic E-state index is 13.1. The van der Waals surface area contributed by atoms with Gasteiger partial charge in [-0.15, -0.1) is 11.3 Å². The molecule has 0 saturated carbocycles. The van der Waals surface area contributed by atoms with E-state index in [-0.39, 0.29) is 11.8 Å². The summed E-state index contributed by atoms with van der Waals surface area (Å²) in [6.07, 6.45) is 3.14. The summed E-state index contributed by atoms with van der Waals surface area (Å²) in [5.74, 6) is -0.202. The third-order valence-electron chi connectivity index (χ3n) is 5.12. The molecule has 148 valence electrons. The first kappa shape index (κ1) is 19.7. The molecule has 0 aliphatic carbocycles. The van der Waals surface area contributed by atoms with E-state index in [1.54, 1.807) is 53.8 Å². The van der Waals surface area contributed by atoms with Crippen molar-refractivity contribution in [2.24, 2.45) is 0 Å². The lowest BCUT2D eigenvalue weighted by Crippen LogP contribution is -2.31. The fraction of sp³-hybridized carbons (Fsp3) is 0.217. The largest absolute Gasteiger partial charge is 0.322 e. The molecule has 0 atom stereocenters. The minimum Gasteiger partial charge on any atom is -0.322 e. The number of amides is 2. The summed E-state index contributed by atoms with van der Waals surface area (Å²) in [6, 6.07) is 14.3. The summed E-state index contributed by atoms with van der Waals surface area (Å²) in [6.45, 7) is 2.58. The molecule has 2 heterocycles. The Morgan fingerprint density at radius 3 is 2.62 bits per heavy atom. The second-order valence-corrected chi connectivity index (χ2v) is 8.57. The summed E-state index contributed by atoms with van der Waals surface area (Å²) in [4.78, 5) is 28.8. The lowest BCUT2D eigenvalue weighted by molar-refractivity contribution is 0.0985. The van der Waals surface area contributed by atoms with Crippen LogP contribution in [0.3, 0.4) is 0 Å². The molecular weight excluding hydrogens is 404 g/mol. The zero-order chi connectivity index (χ0) is 20.4. The van der Waals surface area contributed by atoms with Crippen LogP contribution in [-0.2, 0) is 6.42 Å². The van der Waals surface area contributed by atoms with Crippen LogP contribution in [0.15, 0.2) is 53.9 Å². The van der Waals surface area contributed by atoms with Crippen molar-refractivity contribution in [1.82, 2.24) is 0 Å². The number of fused-ring (bicyclic) bond motifs is 1. The topological polar surface area (TPSA) is 49.4 Å². The van der Waals surface area contributed by atoms with Crippen molar-refractivity contribution < 1.29 is 9.59 Å². The number of carbonyl (C=O) groups is 2. The summed E-state index contributed by atoms with van der Waals surface area (Å²) >= 11 is 7.67. The number of hydrogen-bond acceptors (Lipinski definition) is 3. The van der Waals surface area contributed by atoms with E-state index in [1.807, 2.05) is 23.3 Å². The average Bonchev–Trinajstić information content (AvgIpc) is 3.07. The van der Waals surface area contributed by atoms with Crippen LogP contribution >= 0.6 is 22.9 Å². The van der Waals surface area contributed by atoms with Crippen molar-refractivity contribution in [3.8, 4) is 0 Å². The number of rotatable bonds is 3. The van der Waals surface area contributed by atoms with Crippen LogP contribution in [-0.4, -0.2) is 18.4 Å². The maximum Gasteiger partial charge on any atom is 0.258 e. The lowest BCUT2D eigenvalue weighted by Gasteiger charge is -2.21. The Kier molecular flexibility index (Phi) is 5.69. The lowest BCUT2D eigenvalue weighted by atomic mass is 10.1. The highest BCUT2D eigenvalue weighted by Crippen LogP contribution is 2.32. The summed E-state index contributed by atoms with van der Waals surface area (Å²) in [5.41, 5.74) is 3.68. The molecule has 1 aliphatic rings. The SMILES string of the molecule is Cc1cc(Cl)ccc1C(=O)Nc1ccc(C(=O)N2CCCCc3sccc32)cc1. The summed E-state index contributed by atoms with van der Waals surface area (Å²) < 4.78 is 0. The Labute approximate surface area is 179 Å². The quantitative estimate of drug-likeness (QED) is 0.565. The molecule has 0 bridgehead atoms. The number of nitrogens with zero attached hydrogens (tertiary/aromatic N) is 1. The van der Waals surface area contributed by atoms with Crippen LogP contribution < -0.4 is 10.2 Å². The van der Waals surface area contributed by atoms with Gasteiger partial charge >= 0.3 is 0 Å². The second-order valence-electron chi connectivity index (χ2n) is 7.13. The number of nitrogens with one attached hydrogen (secondary N) is 1. The van der Waals surface area contributed by atoms with E-state index in [0.29, 0.717) is 21.8 Å². The first-order valence-corrected chi connectivity index (χ1v) is 10.8. The van der Waals surface area contributed by atoms with Gasteiger partial charge in [-0.1, -0.05) is 11.6 Å². The van der Waals surface area contributed by atoms with Gasteiger partial charge in [0, 0.05) is 33.3 Å². The highest BCUT2D eigenvalue weighted by atomic mass is 35.5. The van der Waals surface area contributed by atoms with Crippen molar-refractivity contribution in [3.63, 3.8) is 0 Å². The van der Waals surface area contributed by atoms with Gasteiger partial charge in [-0.2, -0.15) is 0 Å². The molecule has 2 amide bonds. The average molecular weight is 425 g/mol. The Morgan fingerprint density at radius 2 is 1.86 bits per heavy atom. The van der Waals surface area contributed by atoms with Crippen LogP contribution in [0.4, 0.5) is 11.4 Å². The molecule has 0 unspecified atom stereocenters. The number of anilines is 2. The molecular formula is C23H21ClN2O2S. The van der Waals surface area contributed by atoms with E-state index in [2.05, 4.69) is 5.32 Å². The van der Waals surface area contributed by atoms with Crippen LogP contribution in [0.25, 0.3) is 0 Å². The van der Waals surface area contributed by atoms with E-state index >= 15 is 0 Å². The Morgan fingerprint density at radius 1 is 1.07 bits per heavy atom. The number of aryl methyl sites for hydroxylation is 2. The summed E-state index contributed by atoms with van der Waals surface area (Å²) in [5, 5.41) is 5.53. The number of thiophene rings is 1. The predicted octanol–water partition coefficient (Wildman–Crippen LogP) is 5.95. The monoisotopic (exact) mass is 424 g/mol. The zero-order valence-electron chi connectivity index (χ0n) is 16.1. The maximum atomic E-state index is 13.1. The number of hydrogen-bond donors (Lipinski definition) is 1. The highest BCUT2D eigenvalue weighted by molar-refractivity contribution is 7.10. The Balaban J connectivity index is 1.49.